The molecule has 0 unspecified atom stereocenters. The van der Waals surface area contributed by atoms with Crippen molar-refractivity contribution in [3.8, 4) is 5.75 Å². The quantitative estimate of drug-likeness (QED) is 0.785. The van der Waals surface area contributed by atoms with Gasteiger partial charge in [0.25, 0.3) is 11.8 Å². The van der Waals surface area contributed by atoms with E-state index < -0.39 is 0 Å². The molecule has 0 aliphatic heterocycles. The number of benzene rings is 1. The molecule has 2 amide bonds. The summed E-state index contributed by atoms with van der Waals surface area (Å²) in [4.78, 5) is 30.6. The number of nitrogens with one attached hydrogen (secondary N) is 1. The van der Waals surface area contributed by atoms with Crippen LogP contribution in [0.15, 0.2) is 42.6 Å². The Morgan fingerprint density at radius 2 is 1.88 bits per heavy atom. The Bertz CT molecular complexity index is 744. The lowest BCUT2D eigenvalue weighted by Crippen LogP contribution is -2.28. The number of pyridine rings is 1. The second-order valence-corrected chi connectivity index (χ2v) is 5.92. The predicted octanol–water partition coefficient (Wildman–Crippen LogP) is 3.60. The van der Waals surface area contributed by atoms with Crippen LogP contribution >= 0.6 is 0 Å². The fourth-order valence-electron chi connectivity index (χ4n) is 2.40. The summed E-state index contributed by atoms with van der Waals surface area (Å²) >= 11 is 0. The first-order valence-electron chi connectivity index (χ1n) is 8.80. The maximum absolute atomic E-state index is 12.4. The van der Waals surface area contributed by atoms with Crippen molar-refractivity contribution in [1.29, 1.82) is 0 Å². The number of amides is 2. The minimum absolute atomic E-state index is 0.115. The van der Waals surface area contributed by atoms with E-state index >= 15 is 0 Å². The smallest absolute Gasteiger partial charge is 0.274 e. The first-order valence-corrected chi connectivity index (χ1v) is 8.80. The van der Waals surface area contributed by atoms with Gasteiger partial charge in [-0.05, 0) is 49.7 Å². The number of hydrogen-bond acceptors (Lipinski definition) is 4. The van der Waals surface area contributed by atoms with Crippen molar-refractivity contribution in [2.45, 2.75) is 26.7 Å². The van der Waals surface area contributed by atoms with E-state index in [2.05, 4.69) is 17.2 Å². The minimum Gasteiger partial charge on any atom is -0.494 e. The number of ether oxygens (including phenoxy) is 1. The SMILES string of the molecule is CCCCN(C)C(=O)c1ccnc(C(=O)Nc2ccc(OCC)cc2)c1. The Hall–Kier alpha value is -2.89. The van der Waals surface area contributed by atoms with Crippen LogP contribution < -0.4 is 10.1 Å². The Balaban J connectivity index is 2.06. The molecule has 2 rings (SSSR count). The van der Waals surface area contributed by atoms with Crippen molar-refractivity contribution >= 4 is 17.5 Å². The van der Waals surface area contributed by atoms with Crippen LogP contribution in [0.4, 0.5) is 5.69 Å². The molecule has 1 N–H and O–H groups in total. The van der Waals surface area contributed by atoms with Crippen molar-refractivity contribution in [3.05, 3.63) is 53.9 Å². The maximum Gasteiger partial charge on any atom is 0.274 e. The second kappa shape index (κ2) is 9.56. The fraction of sp³-hybridized carbons (Fsp3) is 0.350. The molecule has 6 nitrogen and oxygen atoms in total. The predicted molar refractivity (Wildman–Crippen MR) is 102 cm³/mol. The first-order chi connectivity index (χ1) is 12.5. The largest absolute Gasteiger partial charge is 0.494 e. The van der Waals surface area contributed by atoms with Gasteiger partial charge < -0.3 is 15.0 Å². The summed E-state index contributed by atoms with van der Waals surface area (Å²) in [6.07, 6.45) is 3.44. The summed E-state index contributed by atoms with van der Waals surface area (Å²) in [7, 11) is 1.76. The summed E-state index contributed by atoms with van der Waals surface area (Å²) < 4.78 is 5.38. The summed E-state index contributed by atoms with van der Waals surface area (Å²) in [5.41, 5.74) is 1.29. The highest BCUT2D eigenvalue weighted by Gasteiger charge is 2.15. The van der Waals surface area contributed by atoms with E-state index in [1.54, 1.807) is 42.3 Å². The van der Waals surface area contributed by atoms with Crippen LogP contribution in [0.5, 0.6) is 5.75 Å². The lowest BCUT2D eigenvalue weighted by atomic mass is 10.2. The number of anilines is 1. The highest BCUT2D eigenvalue weighted by molar-refractivity contribution is 6.04. The van der Waals surface area contributed by atoms with Gasteiger partial charge in [0.05, 0.1) is 6.61 Å². The maximum atomic E-state index is 12.4. The average Bonchev–Trinajstić information content (AvgIpc) is 2.67. The van der Waals surface area contributed by atoms with Crippen LogP contribution in [0, 0.1) is 0 Å². The van der Waals surface area contributed by atoms with E-state index in [9.17, 15) is 9.59 Å². The molecule has 0 spiro atoms. The van der Waals surface area contributed by atoms with Crippen LogP contribution in [-0.2, 0) is 0 Å². The number of carbonyl (C=O) groups is 2. The van der Waals surface area contributed by atoms with Gasteiger partial charge in [0.15, 0.2) is 0 Å². The molecule has 0 radical (unpaired) electrons. The highest BCUT2D eigenvalue weighted by atomic mass is 16.5. The van der Waals surface area contributed by atoms with Gasteiger partial charge >= 0.3 is 0 Å². The standard InChI is InChI=1S/C20H25N3O3/c1-4-6-13-23(3)20(25)15-11-12-21-18(14-15)19(24)22-16-7-9-17(10-8-16)26-5-2/h7-12,14H,4-6,13H2,1-3H3,(H,22,24). The zero-order valence-corrected chi connectivity index (χ0v) is 15.5. The van der Waals surface area contributed by atoms with Crippen LogP contribution in [0.2, 0.25) is 0 Å². The summed E-state index contributed by atoms with van der Waals surface area (Å²) in [6.45, 7) is 5.26. The molecule has 0 bridgehead atoms. The number of nitrogens with zero attached hydrogens (tertiary/aromatic N) is 2. The zero-order chi connectivity index (χ0) is 18.9. The number of unbranched alkanes of at least 4 members (excludes halogenated alkanes) is 1. The molecule has 0 fully saturated rings. The molecule has 1 heterocycles. The third kappa shape index (κ3) is 5.31. The van der Waals surface area contributed by atoms with Crippen molar-refractivity contribution in [2.75, 3.05) is 25.5 Å². The van der Waals surface area contributed by atoms with E-state index in [0.29, 0.717) is 24.4 Å². The van der Waals surface area contributed by atoms with Gasteiger partial charge in [-0.25, -0.2) is 0 Å². The van der Waals surface area contributed by atoms with Crippen molar-refractivity contribution in [1.82, 2.24) is 9.88 Å². The zero-order valence-electron chi connectivity index (χ0n) is 15.5. The second-order valence-electron chi connectivity index (χ2n) is 5.92. The van der Waals surface area contributed by atoms with Gasteiger partial charge in [-0.3, -0.25) is 14.6 Å². The van der Waals surface area contributed by atoms with Crippen molar-refractivity contribution in [3.63, 3.8) is 0 Å². The number of rotatable bonds is 8. The average molecular weight is 355 g/mol. The fourth-order valence-corrected chi connectivity index (χ4v) is 2.40. The van der Waals surface area contributed by atoms with Crippen LogP contribution in [0.3, 0.4) is 0 Å². The Morgan fingerprint density at radius 3 is 2.54 bits per heavy atom. The van der Waals surface area contributed by atoms with E-state index in [-0.39, 0.29) is 17.5 Å². The molecular formula is C20H25N3O3. The highest BCUT2D eigenvalue weighted by Crippen LogP contribution is 2.16. The minimum atomic E-state index is -0.361. The van der Waals surface area contributed by atoms with Crippen LogP contribution in [-0.4, -0.2) is 41.9 Å². The van der Waals surface area contributed by atoms with E-state index in [4.69, 9.17) is 4.74 Å². The normalized spacial score (nSPS) is 10.3. The van der Waals surface area contributed by atoms with E-state index in [0.717, 1.165) is 18.6 Å². The molecule has 0 aliphatic rings. The van der Waals surface area contributed by atoms with Gasteiger partial charge in [0.2, 0.25) is 0 Å². The van der Waals surface area contributed by atoms with Gasteiger partial charge in [-0.2, -0.15) is 0 Å². The lowest BCUT2D eigenvalue weighted by molar-refractivity contribution is 0.0793. The third-order valence-corrected chi connectivity index (χ3v) is 3.86. The van der Waals surface area contributed by atoms with Gasteiger partial charge in [0.1, 0.15) is 11.4 Å². The Morgan fingerprint density at radius 1 is 1.15 bits per heavy atom. The molecule has 2 aromatic rings. The molecule has 6 heteroatoms. The van der Waals surface area contributed by atoms with Gasteiger partial charge in [0, 0.05) is 31.0 Å². The molecule has 0 saturated heterocycles. The summed E-state index contributed by atoms with van der Waals surface area (Å²) in [5.74, 6) is 0.266. The monoisotopic (exact) mass is 355 g/mol. The summed E-state index contributed by atoms with van der Waals surface area (Å²) in [5, 5.41) is 2.78. The number of hydrogen-bond donors (Lipinski definition) is 1. The molecule has 26 heavy (non-hydrogen) atoms. The Labute approximate surface area is 154 Å². The van der Waals surface area contributed by atoms with Crippen LogP contribution in [0.25, 0.3) is 0 Å². The Kier molecular flexibility index (Phi) is 7.14. The first kappa shape index (κ1) is 19.4. The van der Waals surface area contributed by atoms with Gasteiger partial charge in [-0.15, -0.1) is 0 Å². The molecule has 138 valence electrons. The number of carbonyl (C=O) groups excluding carboxylic acids is 2. The number of aromatic nitrogens is 1. The lowest BCUT2D eigenvalue weighted by Gasteiger charge is -2.17. The third-order valence-electron chi connectivity index (χ3n) is 3.86. The molecule has 0 aliphatic carbocycles. The molecule has 0 atom stereocenters. The van der Waals surface area contributed by atoms with E-state index in [1.165, 1.54) is 12.3 Å². The molecule has 1 aromatic heterocycles. The van der Waals surface area contributed by atoms with Crippen molar-refractivity contribution < 1.29 is 14.3 Å². The van der Waals surface area contributed by atoms with Crippen LogP contribution in [0.1, 0.15) is 47.5 Å². The molecule has 0 saturated carbocycles. The van der Waals surface area contributed by atoms with Gasteiger partial charge in [-0.1, -0.05) is 13.3 Å². The molecule has 1 aromatic carbocycles. The van der Waals surface area contributed by atoms with Crippen molar-refractivity contribution in [2.24, 2.45) is 0 Å². The topological polar surface area (TPSA) is 71.5 Å². The van der Waals surface area contributed by atoms with E-state index in [1.807, 2.05) is 6.92 Å². The molecular weight excluding hydrogens is 330 g/mol. The summed E-state index contributed by atoms with van der Waals surface area (Å²) in [6, 6.07) is 10.2.